The fourth-order valence-corrected chi connectivity index (χ4v) is 2.12. The Hall–Kier alpha value is -2.48. The molecule has 0 bridgehead atoms. The fraction of sp³-hybridized carbons (Fsp3) is 0.176. The van der Waals surface area contributed by atoms with Crippen LogP contribution >= 0.6 is 15.9 Å². The van der Waals surface area contributed by atoms with Gasteiger partial charge in [0, 0.05) is 29.2 Å². The van der Waals surface area contributed by atoms with Gasteiger partial charge in [-0.15, -0.1) is 0 Å². The normalized spacial score (nSPS) is 10.2. The average molecular weight is 413 g/mol. The molecule has 0 radical (unpaired) electrons. The largest absolute Gasteiger partial charge is 0.481 e. The van der Waals surface area contributed by atoms with Gasteiger partial charge >= 0.3 is 0 Å². The first kappa shape index (κ1) is 18.9. The predicted octanol–water partition coefficient (Wildman–Crippen LogP) is 3.25. The minimum absolute atomic E-state index is 0.0761. The zero-order chi connectivity index (χ0) is 18.2. The van der Waals surface area contributed by atoms with Crippen molar-refractivity contribution >= 4 is 33.4 Å². The first-order chi connectivity index (χ1) is 11.9. The molecule has 0 aliphatic heterocycles. The monoisotopic (exact) mass is 412 g/mol. The average Bonchev–Trinajstić information content (AvgIpc) is 2.56. The Morgan fingerprint density at radius 2 is 1.76 bits per heavy atom. The van der Waals surface area contributed by atoms with E-state index in [1.165, 1.54) is 0 Å². The van der Waals surface area contributed by atoms with Crippen LogP contribution in [-0.4, -0.2) is 25.0 Å². The van der Waals surface area contributed by atoms with Crippen LogP contribution in [0.1, 0.15) is 6.42 Å². The number of halogens is 3. The summed E-state index contributed by atoms with van der Waals surface area (Å²) in [5.74, 6) is -2.61. The van der Waals surface area contributed by atoms with E-state index in [9.17, 15) is 18.4 Å². The zero-order valence-corrected chi connectivity index (χ0v) is 14.6. The number of anilines is 1. The molecule has 2 amide bonds. The Morgan fingerprint density at radius 3 is 2.44 bits per heavy atom. The number of carbonyl (C=O) groups is 2. The molecular weight excluding hydrogens is 398 g/mol. The van der Waals surface area contributed by atoms with Crippen LogP contribution in [-0.2, 0) is 9.59 Å². The van der Waals surface area contributed by atoms with Crippen molar-refractivity contribution in [2.24, 2.45) is 0 Å². The Bertz CT molecular complexity index is 754. The van der Waals surface area contributed by atoms with E-state index in [1.54, 1.807) is 24.3 Å². The van der Waals surface area contributed by atoms with Crippen molar-refractivity contribution in [1.29, 1.82) is 0 Å². The van der Waals surface area contributed by atoms with Gasteiger partial charge in [0.1, 0.15) is 5.82 Å². The molecule has 8 heteroatoms. The summed E-state index contributed by atoms with van der Waals surface area (Å²) in [7, 11) is 0. The fourth-order valence-electron chi connectivity index (χ4n) is 1.86. The third-order valence-corrected chi connectivity index (χ3v) is 3.58. The highest BCUT2D eigenvalue weighted by atomic mass is 79.9. The van der Waals surface area contributed by atoms with Crippen LogP contribution in [0.4, 0.5) is 14.5 Å². The second-order valence-electron chi connectivity index (χ2n) is 5.02. The second kappa shape index (κ2) is 9.12. The molecular formula is C17H15BrF2N2O3. The lowest BCUT2D eigenvalue weighted by Crippen LogP contribution is -2.31. The SMILES string of the molecule is O=C(COc1ccc(F)cc1F)NCCC(=O)Nc1ccc(Br)cc1. The van der Waals surface area contributed by atoms with E-state index >= 15 is 0 Å². The molecule has 5 nitrogen and oxygen atoms in total. The summed E-state index contributed by atoms with van der Waals surface area (Å²) in [5.41, 5.74) is 0.648. The molecule has 2 aromatic carbocycles. The van der Waals surface area contributed by atoms with Gasteiger partial charge in [0.25, 0.3) is 5.91 Å². The molecule has 0 aromatic heterocycles. The summed E-state index contributed by atoms with van der Waals surface area (Å²) < 4.78 is 31.9. The molecule has 0 saturated carbocycles. The standard InChI is InChI=1S/C17H15BrF2N2O3/c18-11-1-4-13(5-2-11)22-16(23)7-8-21-17(24)10-25-15-6-3-12(19)9-14(15)20/h1-6,9H,7-8,10H2,(H,21,24)(H,22,23). The number of benzene rings is 2. The maximum absolute atomic E-state index is 13.3. The van der Waals surface area contributed by atoms with E-state index in [0.29, 0.717) is 11.8 Å². The van der Waals surface area contributed by atoms with E-state index < -0.39 is 24.1 Å². The molecule has 0 aliphatic rings. The first-order valence-corrected chi connectivity index (χ1v) is 8.13. The molecule has 132 valence electrons. The van der Waals surface area contributed by atoms with Crippen molar-refractivity contribution in [3.8, 4) is 5.75 Å². The van der Waals surface area contributed by atoms with E-state index in [-0.39, 0.29) is 24.6 Å². The molecule has 0 spiro atoms. The van der Waals surface area contributed by atoms with Crippen LogP contribution in [0.3, 0.4) is 0 Å². The smallest absolute Gasteiger partial charge is 0.257 e. The van der Waals surface area contributed by atoms with Gasteiger partial charge in [0.15, 0.2) is 18.2 Å². The quantitative estimate of drug-likeness (QED) is 0.733. The molecule has 0 heterocycles. The number of hydrogen-bond donors (Lipinski definition) is 2. The predicted molar refractivity (Wildman–Crippen MR) is 92.3 cm³/mol. The minimum atomic E-state index is -0.887. The maximum atomic E-state index is 13.3. The van der Waals surface area contributed by atoms with Gasteiger partial charge in [-0.1, -0.05) is 15.9 Å². The van der Waals surface area contributed by atoms with Crippen molar-refractivity contribution in [3.63, 3.8) is 0 Å². The van der Waals surface area contributed by atoms with Gasteiger partial charge in [-0.25, -0.2) is 8.78 Å². The number of hydrogen-bond acceptors (Lipinski definition) is 3. The molecule has 0 unspecified atom stereocenters. The van der Waals surface area contributed by atoms with Crippen molar-refractivity contribution in [3.05, 3.63) is 58.6 Å². The summed E-state index contributed by atoms with van der Waals surface area (Å²) >= 11 is 3.29. The number of amides is 2. The molecule has 0 atom stereocenters. The summed E-state index contributed by atoms with van der Waals surface area (Å²) in [4.78, 5) is 23.3. The Kier molecular flexibility index (Phi) is 6.88. The Morgan fingerprint density at radius 1 is 1.04 bits per heavy atom. The molecule has 0 aliphatic carbocycles. The first-order valence-electron chi connectivity index (χ1n) is 7.34. The van der Waals surface area contributed by atoms with Crippen molar-refractivity contribution < 1.29 is 23.1 Å². The molecule has 25 heavy (non-hydrogen) atoms. The summed E-state index contributed by atoms with van der Waals surface area (Å²) in [6, 6.07) is 9.87. The van der Waals surface area contributed by atoms with Gasteiger partial charge in [0.05, 0.1) is 0 Å². The number of carbonyl (C=O) groups excluding carboxylic acids is 2. The van der Waals surface area contributed by atoms with Crippen LogP contribution < -0.4 is 15.4 Å². The zero-order valence-electron chi connectivity index (χ0n) is 13.0. The van der Waals surface area contributed by atoms with Crippen LogP contribution in [0.15, 0.2) is 46.9 Å². The van der Waals surface area contributed by atoms with Gasteiger partial charge in [0.2, 0.25) is 5.91 Å². The molecule has 0 fully saturated rings. The van der Waals surface area contributed by atoms with Crippen LogP contribution in [0.5, 0.6) is 5.75 Å². The van der Waals surface area contributed by atoms with Gasteiger partial charge in [-0.05, 0) is 36.4 Å². The third-order valence-electron chi connectivity index (χ3n) is 3.05. The molecule has 2 rings (SSSR count). The Balaban J connectivity index is 1.67. The van der Waals surface area contributed by atoms with E-state index in [0.717, 1.165) is 16.6 Å². The lowest BCUT2D eigenvalue weighted by atomic mass is 10.3. The van der Waals surface area contributed by atoms with Crippen molar-refractivity contribution in [1.82, 2.24) is 5.32 Å². The highest BCUT2D eigenvalue weighted by Gasteiger charge is 2.09. The van der Waals surface area contributed by atoms with E-state index in [1.807, 2.05) is 0 Å². The van der Waals surface area contributed by atoms with Crippen LogP contribution in [0, 0.1) is 11.6 Å². The van der Waals surface area contributed by atoms with Gasteiger partial charge in [-0.2, -0.15) is 0 Å². The van der Waals surface area contributed by atoms with Gasteiger partial charge in [-0.3, -0.25) is 9.59 Å². The molecule has 2 N–H and O–H groups in total. The van der Waals surface area contributed by atoms with E-state index in [4.69, 9.17) is 4.74 Å². The highest BCUT2D eigenvalue weighted by Crippen LogP contribution is 2.17. The van der Waals surface area contributed by atoms with Crippen molar-refractivity contribution in [2.75, 3.05) is 18.5 Å². The minimum Gasteiger partial charge on any atom is -0.481 e. The summed E-state index contributed by atoms with van der Waals surface area (Å²) in [5, 5.41) is 5.17. The lowest BCUT2D eigenvalue weighted by molar-refractivity contribution is -0.123. The number of nitrogens with one attached hydrogen (secondary N) is 2. The van der Waals surface area contributed by atoms with E-state index in [2.05, 4.69) is 26.6 Å². The number of rotatable bonds is 7. The highest BCUT2D eigenvalue weighted by molar-refractivity contribution is 9.10. The number of ether oxygens (including phenoxy) is 1. The van der Waals surface area contributed by atoms with Gasteiger partial charge < -0.3 is 15.4 Å². The summed E-state index contributed by atoms with van der Waals surface area (Å²) in [6.07, 6.45) is 0.0761. The molecule has 2 aromatic rings. The maximum Gasteiger partial charge on any atom is 0.257 e. The van der Waals surface area contributed by atoms with Crippen LogP contribution in [0.25, 0.3) is 0 Å². The summed E-state index contributed by atoms with van der Waals surface area (Å²) in [6.45, 7) is -0.326. The Labute approximate surface area is 151 Å². The molecule has 0 saturated heterocycles. The second-order valence-corrected chi connectivity index (χ2v) is 5.93. The third kappa shape index (κ3) is 6.50. The lowest BCUT2D eigenvalue weighted by Gasteiger charge is -2.09. The van der Waals surface area contributed by atoms with Crippen molar-refractivity contribution in [2.45, 2.75) is 6.42 Å². The van der Waals surface area contributed by atoms with Crippen LogP contribution in [0.2, 0.25) is 0 Å². The topological polar surface area (TPSA) is 67.4 Å².